The smallest absolute Gasteiger partial charge is 0.223 e. The Kier molecular flexibility index (Phi) is 6.50. The summed E-state index contributed by atoms with van der Waals surface area (Å²) in [5, 5.41) is 4.49. The number of benzene rings is 1. The monoisotopic (exact) mass is 399 g/mol. The molecule has 1 aliphatic heterocycles. The summed E-state index contributed by atoms with van der Waals surface area (Å²) in [5.74, 6) is 0.463. The average molecular weight is 400 g/mol. The minimum Gasteiger partial charge on any atom is -0.353 e. The number of amides is 1. The number of rotatable bonds is 4. The second-order valence-electron chi connectivity index (χ2n) is 8.46. The lowest BCUT2D eigenvalue weighted by Gasteiger charge is -2.32. The molecule has 152 valence electrons. The van der Waals surface area contributed by atoms with E-state index >= 15 is 0 Å². The number of piperidine rings is 1. The maximum atomic E-state index is 12.8. The third-order valence-corrected chi connectivity index (χ3v) is 7.52. The van der Waals surface area contributed by atoms with E-state index in [1.165, 1.54) is 42.4 Å². The van der Waals surface area contributed by atoms with Crippen LogP contribution in [0, 0.1) is 5.92 Å². The van der Waals surface area contributed by atoms with Gasteiger partial charge in [-0.15, -0.1) is 0 Å². The van der Waals surface area contributed by atoms with Gasteiger partial charge in [0.15, 0.2) is 5.13 Å². The molecule has 0 unspecified atom stereocenters. The first kappa shape index (κ1) is 19.7. The van der Waals surface area contributed by atoms with E-state index < -0.39 is 0 Å². The van der Waals surface area contributed by atoms with Crippen molar-refractivity contribution in [2.24, 2.45) is 5.92 Å². The second kappa shape index (κ2) is 9.25. The van der Waals surface area contributed by atoms with E-state index in [0.29, 0.717) is 11.9 Å². The Hall–Kier alpha value is -1.62. The Labute approximate surface area is 172 Å². The zero-order valence-electron chi connectivity index (χ0n) is 17.1. The second-order valence-corrected chi connectivity index (χ2v) is 9.47. The molecule has 28 heavy (non-hydrogen) atoms. The van der Waals surface area contributed by atoms with Crippen molar-refractivity contribution in [3.63, 3.8) is 0 Å². The number of aromatic nitrogens is 1. The van der Waals surface area contributed by atoms with Gasteiger partial charge in [-0.25, -0.2) is 4.98 Å². The number of carbonyl (C=O) groups is 1. The van der Waals surface area contributed by atoms with E-state index in [-0.39, 0.29) is 5.92 Å². The van der Waals surface area contributed by atoms with Crippen molar-refractivity contribution < 1.29 is 4.79 Å². The highest BCUT2D eigenvalue weighted by Gasteiger charge is 2.27. The Morgan fingerprint density at radius 1 is 1.11 bits per heavy atom. The zero-order chi connectivity index (χ0) is 19.3. The Morgan fingerprint density at radius 3 is 2.54 bits per heavy atom. The molecule has 2 aliphatic rings. The molecule has 0 bridgehead atoms. The van der Waals surface area contributed by atoms with E-state index in [4.69, 9.17) is 4.98 Å². The summed E-state index contributed by atoms with van der Waals surface area (Å²) in [4.78, 5) is 20.0. The van der Waals surface area contributed by atoms with Crippen LogP contribution in [0.5, 0.6) is 0 Å². The van der Waals surface area contributed by atoms with Crippen LogP contribution in [0.2, 0.25) is 0 Å². The quantitative estimate of drug-likeness (QED) is 0.758. The molecule has 1 N–H and O–H groups in total. The van der Waals surface area contributed by atoms with Gasteiger partial charge in [0, 0.05) is 25.0 Å². The van der Waals surface area contributed by atoms with Gasteiger partial charge in [-0.05, 0) is 49.8 Å². The Morgan fingerprint density at radius 2 is 1.82 bits per heavy atom. The van der Waals surface area contributed by atoms with Gasteiger partial charge in [0.1, 0.15) is 0 Å². The fourth-order valence-corrected chi connectivity index (χ4v) is 5.65. The van der Waals surface area contributed by atoms with Crippen LogP contribution in [0.15, 0.2) is 18.2 Å². The summed E-state index contributed by atoms with van der Waals surface area (Å²) in [7, 11) is 0. The molecule has 1 aromatic heterocycles. The molecule has 0 radical (unpaired) electrons. The van der Waals surface area contributed by atoms with Crippen molar-refractivity contribution in [1.82, 2.24) is 10.3 Å². The molecule has 1 saturated heterocycles. The molecule has 0 atom stereocenters. The molecule has 0 spiro atoms. The van der Waals surface area contributed by atoms with Crippen molar-refractivity contribution in [1.29, 1.82) is 0 Å². The molecular formula is C23H33N3OS. The van der Waals surface area contributed by atoms with E-state index in [9.17, 15) is 4.79 Å². The van der Waals surface area contributed by atoms with Crippen LogP contribution in [-0.2, 0) is 11.2 Å². The van der Waals surface area contributed by atoms with E-state index in [2.05, 4.69) is 35.3 Å². The van der Waals surface area contributed by atoms with Gasteiger partial charge in [0.05, 0.1) is 10.2 Å². The van der Waals surface area contributed by atoms with Crippen LogP contribution in [0.4, 0.5) is 5.13 Å². The minimum atomic E-state index is 0.169. The van der Waals surface area contributed by atoms with Crippen molar-refractivity contribution >= 4 is 32.6 Å². The van der Waals surface area contributed by atoms with Crippen LogP contribution in [0.1, 0.15) is 70.3 Å². The van der Waals surface area contributed by atoms with Gasteiger partial charge in [0.25, 0.3) is 0 Å². The number of thiazole rings is 1. The third kappa shape index (κ3) is 4.68. The fourth-order valence-electron chi connectivity index (χ4n) is 4.56. The number of nitrogens with one attached hydrogen (secondary N) is 1. The SMILES string of the molecule is CCc1ccc2nc(N3CCC(C(=O)NC4CCCCCCC4)CC3)sc2c1. The molecule has 1 amide bonds. The number of hydrogen-bond donors (Lipinski definition) is 1. The Balaban J connectivity index is 1.32. The minimum absolute atomic E-state index is 0.169. The molecule has 2 heterocycles. The van der Waals surface area contributed by atoms with E-state index in [0.717, 1.165) is 55.8 Å². The number of hydrogen-bond acceptors (Lipinski definition) is 4. The van der Waals surface area contributed by atoms with Crippen molar-refractivity contribution in [3.05, 3.63) is 23.8 Å². The molecule has 4 nitrogen and oxygen atoms in total. The fraction of sp³-hybridized carbons (Fsp3) is 0.652. The van der Waals surface area contributed by atoms with Gasteiger partial charge in [-0.1, -0.05) is 56.4 Å². The highest BCUT2D eigenvalue weighted by atomic mass is 32.1. The lowest BCUT2D eigenvalue weighted by molar-refractivity contribution is -0.126. The van der Waals surface area contributed by atoms with Crippen LogP contribution >= 0.6 is 11.3 Å². The summed E-state index contributed by atoms with van der Waals surface area (Å²) in [6.07, 6.45) is 11.8. The highest BCUT2D eigenvalue weighted by Crippen LogP contribution is 2.32. The van der Waals surface area contributed by atoms with Gasteiger partial charge in [-0.2, -0.15) is 0 Å². The molecular weight excluding hydrogens is 366 g/mol. The first-order valence-corrected chi connectivity index (χ1v) is 12.0. The molecule has 4 rings (SSSR count). The maximum Gasteiger partial charge on any atom is 0.223 e. The number of carbonyl (C=O) groups excluding carboxylic acids is 1. The predicted octanol–water partition coefficient (Wildman–Crippen LogP) is 5.30. The summed E-state index contributed by atoms with van der Waals surface area (Å²) >= 11 is 1.79. The van der Waals surface area contributed by atoms with Gasteiger partial charge in [-0.3, -0.25) is 4.79 Å². The standard InChI is InChI=1S/C23H33N3OS/c1-2-17-10-11-20-21(16-17)28-23(25-20)26-14-12-18(13-15-26)22(27)24-19-8-6-4-3-5-7-9-19/h10-11,16,18-19H,2-9,12-15H2,1H3,(H,24,27). The number of fused-ring (bicyclic) bond motifs is 1. The lowest BCUT2D eigenvalue weighted by Crippen LogP contribution is -2.44. The first-order valence-electron chi connectivity index (χ1n) is 11.2. The number of nitrogens with zero attached hydrogens (tertiary/aromatic N) is 2. The number of anilines is 1. The van der Waals surface area contributed by atoms with Crippen LogP contribution < -0.4 is 10.2 Å². The zero-order valence-corrected chi connectivity index (χ0v) is 17.9. The van der Waals surface area contributed by atoms with Crippen molar-refractivity contribution in [2.45, 2.75) is 77.2 Å². The topological polar surface area (TPSA) is 45.2 Å². The molecule has 1 saturated carbocycles. The molecule has 1 aromatic carbocycles. The largest absolute Gasteiger partial charge is 0.353 e. The molecule has 2 aromatic rings. The van der Waals surface area contributed by atoms with Crippen molar-refractivity contribution in [3.8, 4) is 0 Å². The van der Waals surface area contributed by atoms with Crippen LogP contribution in [0.25, 0.3) is 10.2 Å². The molecule has 2 fully saturated rings. The van der Waals surface area contributed by atoms with Gasteiger partial charge in [0.2, 0.25) is 5.91 Å². The van der Waals surface area contributed by atoms with Crippen LogP contribution in [-0.4, -0.2) is 30.0 Å². The average Bonchev–Trinajstić information content (AvgIpc) is 3.13. The lowest BCUT2D eigenvalue weighted by atomic mass is 9.93. The van der Waals surface area contributed by atoms with Gasteiger partial charge < -0.3 is 10.2 Å². The summed E-state index contributed by atoms with van der Waals surface area (Å²) in [6.45, 7) is 4.06. The van der Waals surface area contributed by atoms with Gasteiger partial charge >= 0.3 is 0 Å². The first-order chi connectivity index (χ1) is 13.7. The number of aryl methyl sites for hydroxylation is 1. The molecule has 5 heteroatoms. The summed E-state index contributed by atoms with van der Waals surface area (Å²) < 4.78 is 1.28. The maximum absolute atomic E-state index is 12.8. The van der Waals surface area contributed by atoms with E-state index in [1.54, 1.807) is 11.3 Å². The highest BCUT2D eigenvalue weighted by molar-refractivity contribution is 7.22. The third-order valence-electron chi connectivity index (χ3n) is 6.44. The Bertz CT molecular complexity index is 786. The summed E-state index contributed by atoms with van der Waals surface area (Å²) in [5.41, 5.74) is 2.47. The predicted molar refractivity (Wildman–Crippen MR) is 118 cm³/mol. The van der Waals surface area contributed by atoms with Crippen molar-refractivity contribution in [2.75, 3.05) is 18.0 Å². The molecule has 1 aliphatic carbocycles. The summed E-state index contributed by atoms with van der Waals surface area (Å²) in [6, 6.07) is 7.00. The van der Waals surface area contributed by atoms with Crippen LogP contribution in [0.3, 0.4) is 0 Å². The van der Waals surface area contributed by atoms with E-state index in [1.807, 2.05) is 0 Å². The normalized spacial score (nSPS) is 20.1.